The molecular formula is C10H13N3O3. The number of aromatic nitrogens is 1. The predicted octanol–water partition coefficient (Wildman–Crippen LogP) is 0.766. The van der Waals surface area contributed by atoms with Crippen LogP contribution in [0.4, 0.5) is 10.5 Å². The van der Waals surface area contributed by atoms with Crippen LogP contribution < -0.4 is 10.6 Å². The Labute approximate surface area is 93.0 Å². The van der Waals surface area contributed by atoms with Gasteiger partial charge in [-0.1, -0.05) is 0 Å². The second kappa shape index (κ2) is 6.39. The molecular weight excluding hydrogens is 210 g/mol. The summed E-state index contributed by atoms with van der Waals surface area (Å²) in [5.41, 5.74) is 0.559. The lowest BCUT2D eigenvalue weighted by Crippen LogP contribution is -2.34. The van der Waals surface area contributed by atoms with E-state index in [0.717, 1.165) is 0 Å². The lowest BCUT2D eigenvalue weighted by Gasteiger charge is -2.06. The van der Waals surface area contributed by atoms with Crippen molar-refractivity contribution in [3.8, 4) is 0 Å². The Morgan fingerprint density at radius 1 is 1.50 bits per heavy atom. The molecule has 2 amide bonds. The monoisotopic (exact) mass is 223 g/mol. The third-order valence-corrected chi connectivity index (χ3v) is 1.62. The molecule has 6 nitrogen and oxygen atoms in total. The van der Waals surface area contributed by atoms with Crippen molar-refractivity contribution in [2.45, 2.75) is 6.92 Å². The summed E-state index contributed by atoms with van der Waals surface area (Å²) in [4.78, 5) is 26.0. The highest BCUT2D eigenvalue weighted by atomic mass is 16.5. The Morgan fingerprint density at radius 2 is 2.31 bits per heavy atom. The highest BCUT2D eigenvalue weighted by Gasteiger charge is 2.05. The lowest BCUT2D eigenvalue weighted by atomic mass is 10.4. The second-order valence-electron chi connectivity index (χ2n) is 2.85. The molecule has 86 valence electrons. The topological polar surface area (TPSA) is 80.3 Å². The molecule has 1 aromatic rings. The average Bonchev–Trinajstić information content (AvgIpc) is 2.28. The van der Waals surface area contributed by atoms with Gasteiger partial charge >= 0.3 is 12.0 Å². The number of pyridine rings is 1. The van der Waals surface area contributed by atoms with E-state index in [1.54, 1.807) is 25.3 Å². The van der Waals surface area contributed by atoms with E-state index in [1.165, 1.54) is 6.20 Å². The number of urea groups is 1. The number of carbonyl (C=O) groups is 2. The normalized spacial score (nSPS) is 9.31. The molecule has 0 aliphatic rings. The Morgan fingerprint density at radius 3 is 2.94 bits per heavy atom. The Hall–Kier alpha value is -2.11. The van der Waals surface area contributed by atoms with Gasteiger partial charge in [-0.2, -0.15) is 0 Å². The maximum Gasteiger partial charge on any atom is 0.325 e. The van der Waals surface area contributed by atoms with Crippen molar-refractivity contribution in [1.82, 2.24) is 10.3 Å². The molecule has 2 N–H and O–H groups in total. The maximum atomic E-state index is 11.3. The Kier molecular flexibility index (Phi) is 4.78. The number of ether oxygens (including phenoxy) is 1. The van der Waals surface area contributed by atoms with Crippen LogP contribution in [0.5, 0.6) is 0 Å². The summed E-state index contributed by atoms with van der Waals surface area (Å²) in [5, 5.41) is 4.88. The van der Waals surface area contributed by atoms with Crippen molar-refractivity contribution in [3.05, 3.63) is 24.5 Å². The van der Waals surface area contributed by atoms with Gasteiger partial charge in [0.15, 0.2) is 0 Å². The van der Waals surface area contributed by atoms with Gasteiger partial charge in [-0.15, -0.1) is 0 Å². The molecule has 0 radical (unpaired) electrons. The van der Waals surface area contributed by atoms with E-state index in [2.05, 4.69) is 20.4 Å². The first kappa shape index (κ1) is 12.0. The zero-order chi connectivity index (χ0) is 11.8. The molecule has 1 aromatic heterocycles. The van der Waals surface area contributed by atoms with E-state index in [9.17, 15) is 9.59 Å². The third kappa shape index (κ3) is 4.41. The minimum absolute atomic E-state index is 0.153. The molecule has 0 unspecified atom stereocenters. The Bertz CT molecular complexity index is 354. The molecule has 1 rings (SSSR count). The summed E-state index contributed by atoms with van der Waals surface area (Å²) < 4.78 is 4.65. The first-order valence-electron chi connectivity index (χ1n) is 4.83. The van der Waals surface area contributed by atoms with Crippen LogP contribution in [0.1, 0.15) is 6.92 Å². The van der Waals surface area contributed by atoms with E-state index in [4.69, 9.17) is 0 Å². The van der Waals surface area contributed by atoms with Gasteiger partial charge in [0.1, 0.15) is 6.54 Å². The highest BCUT2D eigenvalue weighted by Crippen LogP contribution is 2.01. The highest BCUT2D eigenvalue weighted by molar-refractivity contribution is 5.91. The molecule has 1 heterocycles. The molecule has 0 aliphatic heterocycles. The fourth-order valence-electron chi connectivity index (χ4n) is 0.976. The number of amides is 2. The molecule has 0 saturated heterocycles. The number of nitrogens with zero attached hydrogens (tertiary/aromatic N) is 1. The molecule has 0 spiro atoms. The van der Waals surface area contributed by atoms with Crippen LogP contribution >= 0.6 is 0 Å². The summed E-state index contributed by atoms with van der Waals surface area (Å²) >= 11 is 0. The van der Waals surface area contributed by atoms with Gasteiger partial charge in [0.05, 0.1) is 18.5 Å². The fraction of sp³-hybridized carbons (Fsp3) is 0.300. The number of esters is 1. The fourth-order valence-corrected chi connectivity index (χ4v) is 0.976. The maximum absolute atomic E-state index is 11.3. The molecule has 6 heteroatoms. The van der Waals surface area contributed by atoms with E-state index in [0.29, 0.717) is 12.3 Å². The predicted molar refractivity (Wildman–Crippen MR) is 57.9 cm³/mol. The summed E-state index contributed by atoms with van der Waals surface area (Å²) in [5.74, 6) is -0.469. The van der Waals surface area contributed by atoms with Gasteiger partial charge in [0.25, 0.3) is 0 Å². The van der Waals surface area contributed by atoms with Crippen molar-refractivity contribution in [2.75, 3.05) is 18.5 Å². The van der Waals surface area contributed by atoms with Crippen molar-refractivity contribution >= 4 is 17.7 Å². The third-order valence-electron chi connectivity index (χ3n) is 1.62. The Balaban J connectivity index is 2.29. The van der Waals surface area contributed by atoms with Crippen molar-refractivity contribution in [1.29, 1.82) is 0 Å². The standard InChI is InChI=1S/C10H13N3O3/c1-2-16-9(14)7-12-10(15)13-8-4-3-5-11-6-8/h3-6H,2,7H2,1H3,(H2,12,13,15). The van der Waals surface area contributed by atoms with Crippen LogP contribution in [0, 0.1) is 0 Å². The van der Waals surface area contributed by atoms with E-state index < -0.39 is 12.0 Å². The smallest absolute Gasteiger partial charge is 0.325 e. The number of carbonyl (C=O) groups excluding carboxylic acids is 2. The van der Waals surface area contributed by atoms with Gasteiger partial charge in [-0.05, 0) is 19.1 Å². The molecule has 0 bridgehead atoms. The van der Waals surface area contributed by atoms with Gasteiger partial charge in [-0.3, -0.25) is 9.78 Å². The van der Waals surface area contributed by atoms with Gasteiger partial charge in [0.2, 0.25) is 0 Å². The summed E-state index contributed by atoms with van der Waals surface area (Å²) in [6.07, 6.45) is 3.10. The average molecular weight is 223 g/mol. The first-order chi connectivity index (χ1) is 7.72. The van der Waals surface area contributed by atoms with Crippen molar-refractivity contribution in [3.63, 3.8) is 0 Å². The number of rotatable bonds is 4. The molecule has 0 aliphatic carbocycles. The van der Waals surface area contributed by atoms with Gasteiger partial charge in [-0.25, -0.2) is 4.79 Å². The SMILES string of the molecule is CCOC(=O)CNC(=O)Nc1cccnc1. The van der Waals surface area contributed by atoms with Crippen molar-refractivity contribution in [2.24, 2.45) is 0 Å². The number of anilines is 1. The van der Waals surface area contributed by atoms with Crippen LogP contribution in [-0.4, -0.2) is 30.1 Å². The van der Waals surface area contributed by atoms with E-state index in [1.807, 2.05) is 0 Å². The van der Waals surface area contributed by atoms with E-state index >= 15 is 0 Å². The number of nitrogens with one attached hydrogen (secondary N) is 2. The molecule has 0 fully saturated rings. The zero-order valence-corrected chi connectivity index (χ0v) is 8.90. The molecule has 0 aromatic carbocycles. The van der Waals surface area contributed by atoms with Gasteiger partial charge < -0.3 is 15.4 Å². The van der Waals surface area contributed by atoms with Crippen molar-refractivity contribution < 1.29 is 14.3 Å². The second-order valence-corrected chi connectivity index (χ2v) is 2.85. The molecule has 0 atom stereocenters. The minimum Gasteiger partial charge on any atom is -0.465 e. The largest absolute Gasteiger partial charge is 0.465 e. The number of hydrogen-bond donors (Lipinski definition) is 2. The first-order valence-corrected chi connectivity index (χ1v) is 4.83. The zero-order valence-electron chi connectivity index (χ0n) is 8.90. The number of hydrogen-bond acceptors (Lipinski definition) is 4. The van der Waals surface area contributed by atoms with Crippen LogP contribution in [0.15, 0.2) is 24.5 Å². The van der Waals surface area contributed by atoms with Crippen LogP contribution in [0.3, 0.4) is 0 Å². The van der Waals surface area contributed by atoms with Crippen LogP contribution in [0.25, 0.3) is 0 Å². The quantitative estimate of drug-likeness (QED) is 0.739. The summed E-state index contributed by atoms with van der Waals surface area (Å²) in [7, 11) is 0. The van der Waals surface area contributed by atoms with Crippen LogP contribution in [-0.2, 0) is 9.53 Å². The lowest BCUT2D eigenvalue weighted by molar-refractivity contribution is -0.141. The summed E-state index contributed by atoms with van der Waals surface area (Å²) in [6.45, 7) is 1.85. The minimum atomic E-state index is -0.471. The molecule has 0 saturated carbocycles. The molecule has 16 heavy (non-hydrogen) atoms. The summed E-state index contributed by atoms with van der Waals surface area (Å²) in [6, 6.07) is 2.92. The van der Waals surface area contributed by atoms with Crippen LogP contribution in [0.2, 0.25) is 0 Å². The van der Waals surface area contributed by atoms with E-state index in [-0.39, 0.29) is 6.54 Å². The van der Waals surface area contributed by atoms with Gasteiger partial charge in [0, 0.05) is 6.20 Å².